The number of benzene rings is 2. The first kappa shape index (κ1) is 15.1. The van der Waals surface area contributed by atoms with Crippen LogP contribution in [-0.2, 0) is 6.42 Å². The van der Waals surface area contributed by atoms with Crippen molar-refractivity contribution in [3.8, 4) is 0 Å². The van der Waals surface area contributed by atoms with Gasteiger partial charge >= 0.3 is 0 Å². The van der Waals surface area contributed by atoms with Gasteiger partial charge in [0.05, 0.1) is 10.6 Å². The summed E-state index contributed by atoms with van der Waals surface area (Å²) < 4.78 is 40.5. The van der Waals surface area contributed by atoms with E-state index in [0.717, 1.165) is 18.2 Å². The molecule has 2 rings (SSSR count). The summed E-state index contributed by atoms with van der Waals surface area (Å²) in [7, 11) is 0. The van der Waals surface area contributed by atoms with E-state index in [1.807, 2.05) is 0 Å². The third-order valence-electron chi connectivity index (χ3n) is 2.69. The van der Waals surface area contributed by atoms with Gasteiger partial charge in [-0.25, -0.2) is 13.2 Å². The van der Waals surface area contributed by atoms with E-state index in [4.69, 9.17) is 11.6 Å². The quantitative estimate of drug-likeness (QED) is 0.557. The van der Waals surface area contributed by atoms with Gasteiger partial charge < -0.3 is 0 Å². The summed E-state index contributed by atoms with van der Waals surface area (Å²) in [5.41, 5.74) is -0.393. The van der Waals surface area contributed by atoms with Crippen LogP contribution in [0.2, 0.25) is 5.02 Å². The summed E-state index contributed by atoms with van der Waals surface area (Å²) in [4.78, 5) is 12.0. The van der Waals surface area contributed by atoms with Crippen LogP contribution in [0.5, 0.6) is 0 Å². The van der Waals surface area contributed by atoms with E-state index in [9.17, 15) is 18.0 Å². The molecule has 0 amide bonds. The first-order valence-corrected chi connectivity index (χ1v) is 6.68. The van der Waals surface area contributed by atoms with Crippen LogP contribution >= 0.6 is 27.5 Å². The van der Waals surface area contributed by atoms with E-state index in [1.165, 1.54) is 12.1 Å². The molecule has 0 radical (unpaired) electrons. The first-order valence-electron chi connectivity index (χ1n) is 5.50. The molecule has 0 N–H and O–H groups in total. The molecule has 2 aromatic rings. The van der Waals surface area contributed by atoms with Crippen LogP contribution in [-0.4, -0.2) is 5.78 Å². The molecule has 0 heterocycles. The third-order valence-corrected chi connectivity index (χ3v) is 3.89. The molecular formula is C14H7BrClF3O. The van der Waals surface area contributed by atoms with Gasteiger partial charge in [0.1, 0.15) is 5.82 Å². The van der Waals surface area contributed by atoms with E-state index in [1.54, 1.807) is 0 Å². The van der Waals surface area contributed by atoms with E-state index < -0.39 is 29.7 Å². The highest BCUT2D eigenvalue weighted by atomic mass is 79.9. The normalized spacial score (nSPS) is 10.7. The average Bonchev–Trinajstić information content (AvgIpc) is 2.39. The van der Waals surface area contributed by atoms with Crippen molar-refractivity contribution < 1.29 is 18.0 Å². The van der Waals surface area contributed by atoms with Crippen LogP contribution in [0.4, 0.5) is 13.2 Å². The van der Waals surface area contributed by atoms with Gasteiger partial charge in [0.2, 0.25) is 0 Å². The summed E-state index contributed by atoms with van der Waals surface area (Å²) in [6, 6.07) is 5.71. The van der Waals surface area contributed by atoms with Gasteiger partial charge in [-0.3, -0.25) is 4.79 Å². The molecule has 1 nitrogen and oxygen atoms in total. The molecule has 6 heteroatoms. The Morgan fingerprint density at radius 1 is 1.15 bits per heavy atom. The SMILES string of the molecule is O=C(Cc1cccc(F)c1F)c1cc(Cl)c(Br)cc1F. The Balaban J connectivity index is 2.33. The highest BCUT2D eigenvalue weighted by molar-refractivity contribution is 9.10. The lowest BCUT2D eigenvalue weighted by molar-refractivity contribution is 0.0988. The molecule has 0 aromatic heterocycles. The Morgan fingerprint density at radius 3 is 2.55 bits per heavy atom. The molecule has 0 spiro atoms. The van der Waals surface area contributed by atoms with Crippen molar-refractivity contribution >= 4 is 33.3 Å². The fourth-order valence-corrected chi connectivity index (χ4v) is 2.17. The number of hydrogen-bond acceptors (Lipinski definition) is 1. The first-order chi connectivity index (χ1) is 9.40. The maximum Gasteiger partial charge on any atom is 0.170 e. The number of rotatable bonds is 3. The summed E-state index contributed by atoms with van der Waals surface area (Å²) >= 11 is 8.81. The summed E-state index contributed by atoms with van der Waals surface area (Å²) in [5.74, 6) is -3.61. The molecule has 0 unspecified atom stereocenters. The zero-order valence-corrected chi connectivity index (χ0v) is 12.2. The minimum Gasteiger partial charge on any atom is -0.294 e. The Morgan fingerprint density at radius 2 is 1.85 bits per heavy atom. The highest BCUT2D eigenvalue weighted by Gasteiger charge is 2.17. The molecule has 0 atom stereocenters. The van der Waals surface area contributed by atoms with E-state index >= 15 is 0 Å². The third kappa shape index (κ3) is 3.04. The van der Waals surface area contributed by atoms with Crippen molar-refractivity contribution in [2.24, 2.45) is 0 Å². The Bertz CT molecular complexity index is 688. The van der Waals surface area contributed by atoms with Crippen LogP contribution in [0.25, 0.3) is 0 Å². The minimum absolute atomic E-state index is 0.131. The zero-order valence-electron chi connectivity index (χ0n) is 9.89. The standard InChI is InChI=1S/C14H7BrClF3O/c15-9-6-12(18)8(5-10(9)16)13(20)4-7-2-1-3-11(17)14(7)19/h1-3,5-6H,4H2. The van der Waals surface area contributed by atoms with Gasteiger partial charge in [0.25, 0.3) is 0 Å². The van der Waals surface area contributed by atoms with Gasteiger partial charge in [0, 0.05) is 10.9 Å². The van der Waals surface area contributed by atoms with E-state index in [2.05, 4.69) is 15.9 Å². The lowest BCUT2D eigenvalue weighted by atomic mass is 10.0. The predicted molar refractivity (Wildman–Crippen MR) is 73.5 cm³/mol. The fourth-order valence-electron chi connectivity index (χ4n) is 1.69. The second-order valence-electron chi connectivity index (χ2n) is 4.06. The largest absolute Gasteiger partial charge is 0.294 e. The molecule has 0 bridgehead atoms. The Labute approximate surface area is 126 Å². The average molecular weight is 364 g/mol. The van der Waals surface area contributed by atoms with E-state index in [0.29, 0.717) is 4.47 Å². The Hall–Kier alpha value is -1.33. The van der Waals surface area contributed by atoms with Crippen LogP contribution in [0, 0.1) is 17.5 Å². The monoisotopic (exact) mass is 362 g/mol. The number of carbonyl (C=O) groups excluding carboxylic acids is 1. The topological polar surface area (TPSA) is 17.1 Å². The Kier molecular flexibility index (Phi) is 4.50. The molecule has 20 heavy (non-hydrogen) atoms. The number of carbonyl (C=O) groups is 1. The summed E-state index contributed by atoms with van der Waals surface area (Å²) in [5, 5.41) is 0.162. The number of hydrogen-bond donors (Lipinski definition) is 0. The van der Waals surface area contributed by atoms with Crippen molar-refractivity contribution in [3.63, 3.8) is 0 Å². The molecule has 104 valence electrons. The molecule has 0 saturated heterocycles. The second kappa shape index (κ2) is 5.97. The molecule has 0 saturated carbocycles. The predicted octanol–water partition coefficient (Wildman–Crippen LogP) is 4.95. The van der Waals surface area contributed by atoms with Gasteiger partial charge in [-0.15, -0.1) is 0 Å². The second-order valence-corrected chi connectivity index (χ2v) is 5.32. The highest BCUT2D eigenvalue weighted by Crippen LogP contribution is 2.26. The minimum atomic E-state index is -1.11. The van der Waals surface area contributed by atoms with Crippen molar-refractivity contribution in [3.05, 3.63) is 68.4 Å². The van der Waals surface area contributed by atoms with Gasteiger partial charge in [-0.2, -0.15) is 0 Å². The molecule has 0 aliphatic heterocycles. The molecule has 0 fully saturated rings. The van der Waals surface area contributed by atoms with Crippen molar-refractivity contribution in [1.82, 2.24) is 0 Å². The number of ketones is 1. The van der Waals surface area contributed by atoms with Gasteiger partial charge in [-0.1, -0.05) is 23.7 Å². The van der Waals surface area contributed by atoms with Crippen LogP contribution in [0.15, 0.2) is 34.8 Å². The molecule has 0 aliphatic carbocycles. The smallest absolute Gasteiger partial charge is 0.170 e. The molecule has 0 aliphatic rings. The zero-order chi connectivity index (χ0) is 14.9. The molecule has 2 aromatic carbocycles. The van der Waals surface area contributed by atoms with Gasteiger partial charge in [0.15, 0.2) is 17.4 Å². The van der Waals surface area contributed by atoms with Crippen LogP contribution < -0.4 is 0 Å². The fraction of sp³-hybridized carbons (Fsp3) is 0.0714. The lowest BCUT2D eigenvalue weighted by Gasteiger charge is -2.06. The van der Waals surface area contributed by atoms with E-state index in [-0.39, 0.29) is 16.1 Å². The summed E-state index contributed by atoms with van der Waals surface area (Å²) in [6.07, 6.45) is -0.446. The van der Waals surface area contributed by atoms with Crippen molar-refractivity contribution in [2.75, 3.05) is 0 Å². The van der Waals surface area contributed by atoms with Crippen LogP contribution in [0.1, 0.15) is 15.9 Å². The lowest BCUT2D eigenvalue weighted by Crippen LogP contribution is -2.08. The van der Waals surface area contributed by atoms with Crippen molar-refractivity contribution in [1.29, 1.82) is 0 Å². The maximum atomic E-state index is 13.7. The maximum absolute atomic E-state index is 13.7. The molecular weight excluding hydrogens is 357 g/mol. The van der Waals surface area contributed by atoms with Crippen molar-refractivity contribution in [2.45, 2.75) is 6.42 Å². The number of halogens is 5. The van der Waals surface area contributed by atoms with Gasteiger partial charge in [-0.05, 0) is 39.7 Å². The van der Waals surface area contributed by atoms with Crippen LogP contribution in [0.3, 0.4) is 0 Å². The summed E-state index contributed by atoms with van der Waals surface area (Å²) in [6.45, 7) is 0. The number of Topliss-reactive ketones (excluding diaryl/α,β-unsaturated/α-hetero) is 1.